The maximum absolute atomic E-state index is 12.5. The fraction of sp³-hybridized carbons (Fsp3) is 0.0500. The SMILES string of the molecule is NC(=O)c1ccc(NC(=O)Cc2csc3nc(-c4ccccc4)cn23)cc1Cl. The van der Waals surface area contributed by atoms with E-state index in [0.29, 0.717) is 5.69 Å². The number of hydrogen-bond donors (Lipinski definition) is 2. The number of nitrogens with two attached hydrogens (primary N) is 1. The van der Waals surface area contributed by atoms with Crippen molar-refractivity contribution >= 4 is 45.4 Å². The van der Waals surface area contributed by atoms with E-state index in [1.54, 1.807) is 6.07 Å². The number of halogens is 1. The first-order valence-electron chi connectivity index (χ1n) is 8.41. The van der Waals surface area contributed by atoms with Crippen molar-refractivity contribution in [3.8, 4) is 11.3 Å². The van der Waals surface area contributed by atoms with Gasteiger partial charge in [-0.15, -0.1) is 11.3 Å². The molecule has 2 heterocycles. The highest BCUT2D eigenvalue weighted by Crippen LogP contribution is 2.24. The predicted octanol–water partition coefficient (Wildman–Crippen LogP) is 4.00. The van der Waals surface area contributed by atoms with E-state index in [0.717, 1.165) is 21.9 Å². The molecule has 2 aromatic heterocycles. The first-order valence-corrected chi connectivity index (χ1v) is 9.67. The summed E-state index contributed by atoms with van der Waals surface area (Å²) in [5.41, 5.74) is 8.68. The Bertz CT molecular complexity index is 1180. The third-order valence-corrected chi connectivity index (χ3v) is 5.41. The molecule has 2 aromatic carbocycles. The van der Waals surface area contributed by atoms with Crippen LogP contribution in [0.25, 0.3) is 16.2 Å². The van der Waals surface area contributed by atoms with Gasteiger partial charge in [-0.05, 0) is 18.2 Å². The monoisotopic (exact) mass is 410 g/mol. The van der Waals surface area contributed by atoms with Crippen molar-refractivity contribution in [2.45, 2.75) is 6.42 Å². The van der Waals surface area contributed by atoms with Crippen molar-refractivity contribution in [1.82, 2.24) is 9.38 Å². The third-order valence-electron chi connectivity index (χ3n) is 4.21. The van der Waals surface area contributed by atoms with Gasteiger partial charge in [0.1, 0.15) is 0 Å². The van der Waals surface area contributed by atoms with Crippen LogP contribution in [0.15, 0.2) is 60.1 Å². The maximum Gasteiger partial charge on any atom is 0.250 e. The Morgan fingerprint density at radius 3 is 2.68 bits per heavy atom. The van der Waals surface area contributed by atoms with Crippen molar-refractivity contribution in [3.63, 3.8) is 0 Å². The number of benzene rings is 2. The third kappa shape index (κ3) is 3.62. The number of thiazole rings is 1. The molecule has 0 radical (unpaired) electrons. The number of nitrogens with zero attached hydrogens (tertiary/aromatic N) is 2. The number of nitrogens with one attached hydrogen (secondary N) is 1. The zero-order valence-electron chi connectivity index (χ0n) is 14.6. The maximum atomic E-state index is 12.5. The molecule has 0 fully saturated rings. The molecule has 0 aliphatic carbocycles. The van der Waals surface area contributed by atoms with Gasteiger partial charge in [0, 0.05) is 28.5 Å². The minimum atomic E-state index is -0.613. The van der Waals surface area contributed by atoms with E-state index in [9.17, 15) is 9.59 Å². The topological polar surface area (TPSA) is 89.5 Å². The first-order chi connectivity index (χ1) is 13.5. The second-order valence-corrected chi connectivity index (χ2v) is 7.40. The van der Waals surface area contributed by atoms with Gasteiger partial charge in [-0.3, -0.25) is 14.0 Å². The lowest BCUT2D eigenvalue weighted by atomic mass is 10.2. The molecule has 0 saturated carbocycles. The molecular formula is C20H15ClN4O2S. The van der Waals surface area contributed by atoms with Gasteiger partial charge >= 0.3 is 0 Å². The molecule has 0 unspecified atom stereocenters. The van der Waals surface area contributed by atoms with Gasteiger partial charge in [0.25, 0.3) is 0 Å². The Hall–Kier alpha value is -3.16. The van der Waals surface area contributed by atoms with Gasteiger partial charge in [-0.2, -0.15) is 0 Å². The number of fused-ring (bicyclic) bond motifs is 1. The molecule has 4 aromatic rings. The zero-order chi connectivity index (χ0) is 19.7. The Morgan fingerprint density at radius 2 is 1.96 bits per heavy atom. The lowest BCUT2D eigenvalue weighted by Crippen LogP contribution is -2.16. The second-order valence-electron chi connectivity index (χ2n) is 6.16. The summed E-state index contributed by atoms with van der Waals surface area (Å²) in [5.74, 6) is -0.810. The van der Waals surface area contributed by atoms with Crippen molar-refractivity contribution in [2.24, 2.45) is 5.73 Å². The van der Waals surface area contributed by atoms with Gasteiger partial charge in [0.15, 0.2) is 4.96 Å². The lowest BCUT2D eigenvalue weighted by molar-refractivity contribution is -0.115. The summed E-state index contributed by atoms with van der Waals surface area (Å²) >= 11 is 7.51. The summed E-state index contributed by atoms with van der Waals surface area (Å²) in [4.78, 5) is 29.1. The van der Waals surface area contributed by atoms with Crippen molar-refractivity contribution in [2.75, 3.05) is 5.32 Å². The summed E-state index contributed by atoms with van der Waals surface area (Å²) in [6.45, 7) is 0. The van der Waals surface area contributed by atoms with Crippen LogP contribution in [0.4, 0.5) is 5.69 Å². The minimum absolute atomic E-state index is 0.180. The second kappa shape index (κ2) is 7.46. The smallest absolute Gasteiger partial charge is 0.250 e. The molecule has 140 valence electrons. The van der Waals surface area contributed by atoms with E-state index in [1.165, 1.54) is 23.5 Å². The summed E-state index contributed by atoms with van der Waals surface area (Å²) in [6.07, 6.45) is 2.11. The molecule has 8 heteroatoms. The fourth-order valence-corrected chi connectivity index (χ4v) is 4.01. The van der Waals surface area contributed by atoms with Crippen LogP contribution in [-0.2, 0) is 11.2 Å². The number of amides is 2. The van der Waals surface area contributed by atoms with Crippen molar-refractivity contribution in [3.05, 3.63) is 76.4 Å². The highest BCUT2D eigenvalue weighted by atomic mass is 35.5. The number of anilines is 1. The van der Waals surface area contributed by atoms with Crippen molar-refractivity contribution in [1.29, 1.82) is 0 Å². The Kier molecular flexibility index (Phi) is 4.85. The quantitative estimate of drug-likeness (QED) is 0.521. The largest absolute Gasteiger partial charge is 0.366 e. The van der Waals surface area contributed by atoms with Crippen LogP contribution in [0.3, 0.4) is 0 Å². The molecule has 6 nitrogen and oxygen atoms in total. The molecule has 0 aliphatic rings. The summed E-state index contributed by atoms with van der Waals surface area (Å²) < 4.78 is 1.93. The van der Waals surface area contributed by atoms with Gasteiger partial charge in [0.2, 0.25) is 11.8 Å². The average molecular weight is 411 g/mol. The van der Waals surface area contributed by atoms with E-state index < -0.39 is 5.91 Å². The van der Waals surface area contributed by atoms with Gasteiger partial charge in [-0.25, -0.2) is 4.98 Å². The zero-order valence-corrected chi connectivity index (χ0v) is 16.1. The van der Waals surface area contributed by atoms with Crippen LogP contribution < -0.4 is 11.1 Å². The normalized spacial score (nSPS) is 10.9. The predicted molar refractivity (Wildman–Crippen MR) is 111 cm³/mol. The van der Waals surface area contributed by atoms with E-state index in [1.807, 2.05) is 46.3 Å². The molecule has 3 N–H and O–H groups in total. The summed E-state index contributed by atoms with van der Waals surface area (Å²) in [7, 11) is 0. The number of carbonyl (C=O) groups is 2. The minimum Gasteiger partial charge on any atom is -0.366 e. The fourth-order valence-electron chi connectivity index (χ4n) is 2.87. The number of aromatic nitrogens is 2. The molecular weight excluding hydrogens is 396 g/mol. The lowest BCUT2D eigenvalue weighted by Gasteiger charge is -2.07. The van der Waals surface area contributed by atoms with E-state index in [2.05, 4.69) is 10.3 Å². The van der Waals surface area contributed by atoms with Crippen LogP contribution in [-0.4, -0.2) is 21.2 Å². The molecule has 0 saturated heterocycles. The van der Waals surface area contributed by atoms with Gasteiger partial charge in [0.05, 0.1) is 22.7 Å². The summed E-state index contributed by atoms with van der Waals surface area (Å²) in [6, 6.07) is 14.5. The van der Waals surface area contributed by atoms with Crippen LogP contribution in [0.1, 0.15) is 16.1 Å². The van der Waals surface area contributed by atoms with Crippen LogP contribution in [0.5, 0.6) is 0 Å². The first kappa shape index (κ1) is 18.2. The van der Waals surface area contributed by atoms with Crippen LogP contribution >= 0.6 is 22.9 Å². The Balaban J connectivity index is 1.52. The molecule has 2 amide bonds. The highest BCUT2D eigenvalue weighted by molar-refractivity contribution is 7.15. The number of carbonyl (C=O) groups excluding carboxylic acids is 2. The molecule has 0 spiro atoms. The number of hydrogen-bond acceptors (Lipinski definition) is 4. The van der Waals surface area contributed by atoms with Crippen molar-refractivity contribution < 1.29 is 9.59 Å². The van der Waals surface area contributed by atoms with Gasteiger partial charge in [-0.1, -0.05) is 41.9 Å². The van der Waals surface area contributed by atoms with Crippen LogP contribution in [0.2, 0.25) is 5.02 Å². The average Bonchev–Trinajstić information content (AvgIpc) is 3.24. The van der Waals surface area contributed by atoms with E-state index >= 15 is 0 Å². The molecule has 0 aliphatic heterocycles. The Labute approximate surface area is 169 Å². The molecule has 0 bridgehead atoms. The standard InChI is InChI=1S/C20H15ClN4O2S/c21-16-8-13(6-7-15(16)19(22)27)23-18(26)9-14-11-28-20-24-17(10-25(14)20)12-4-2-1-3-5-12/h1-8,10-11H,9H2,(H2,22,27)(H,23,26). The molecule has 0 atom stereocenters. The van der Waals surface area contributed by atoms with Gasteiger partial charge < -0.3 is 11.1 Å². The molecule has 28 heavy (non-hydrogen) atoms. The number of rotatable bonds is 5. The Morgan fingerprint density at radius 1 is 1.18 bits per heavy atom. The number of imidazole rings is 1. The molecule has 4 rings (SSSR count). The van der Waals surface area contributed by atoms with E-state index in [-0.39, 0.29) is 22.9 Å². The highest BCUT2D eigenvalue weighted by Gasteiger charge is 2.14. The van der Waals surface area contributed by atoms with E-state index in [4.69, 9.17) is 17.3 Å². The number of primary amides is 1. The summed E-state index contributed by atoms with van der Waals surface area (Å²) in [5, 5.41) is 4.90. The van der Waals surface area contributed by atoms with Crippen LogP contribution in [0, 0.1) is 0 Å².